The van der Waals surface area contributed by atoms with Crippen LogP contribution >= 0.6 is 12.6 Å². The average molecular weight is 204 g/mol. The van der Waals surface area contributed by atoms with Crippen molar-refractivity contribution >= 4 is 18.9 Å². The highest BCUT2D eigenvalue weighted by Crippen LogP contribution is 2.28. The van der Waals surface area contributed by atoms with Gasteiger partial charge in [0, 0.05) is 10.5 Å². The Bertz CT molecular complexity index is 460. The molecule has 0 N–H and O–H groups in total. The number of furan rings is 1. The lowest BCUT2D eigenvalue weighted by atomic mass is 10.1. The summed E-state index contributed by atoms with van der Waals surface area (Å²) in [7, 11) is 0. The first-order valence-electron chi connectivity index (χ1n) is 4.14. The van der Waals surface area contributed by atoms with Gasteiger partial charge in [0.15, 0.2) is 12.0 Å². The molecular weight excluding hydrogens is 196 g/mol. The van der Waals surface area contributed by atoms with Crippen molar-refractivity contribution in [2.24, 2.45) is 0 Å². The Morgan fingerprint density at radius 2 is 1.93 bits per heavy atom. The second kappa shape index (κ2) is 3.72. The summed E-state index contributed by atoms with van der Waals surface area (Å²) < 4.78 is 5.02. The molecular formula is C11H8O2S. The van der Waals surface area contributed by atoms with Crippen LogP contribution in [-0.2, 0) is 0 Å². The van der Waals surface area contributed by atoms with Gasteiger partial charge in [0.05, 0.1) is 6.26 Å². The van der Waals surface area contributed by atoms with Crippen molar-refractivity contribution in [3.63, 3.8) is 0 Å². The Morgan fingerprint density at radius 1 is 1.14 bits per heavy atom. The van der Waals surface area contributed by atoms with Gasteiger partial charge >= 0.3 is 0 Å². The van der Waals surface area contributed by atoms with Gasteiger partial charge in [0.2, 0.25) is 0 Å². The standard InChI is InChI=1S/C11H8O2S/c12-7-10-8(5-6-13-10)9-3-1-2-4-11(9)14/h1-7,14H. The smallest absolute Gasteiger partial charge is 0.185 e. The molecule has 0 radical (unpaired) electrons. The van der Waals surface area contributed by atoms with Crippen LogP contribution in [0.2, 0.25) is 0 Å². The van der Waals surface area contributed by atoms with Crippen LogP contribution in [0.5, 0.6) is 0 Å². The van der Waals surface area contributed by atoms with Crippen molar-refractivity contribution in [3.05, 3.63) is 42.4 Å². The van der Waals surface area contributed by atoms with E-state index in [2.05, 4.69) is 12.6 Å². The zero-order valence-electron chi connectivity index (χ0n) is 7.31. The SMILES string of the molecule is O=Cc1occc1-c1ccccc1S. The molecule has 0 spiro atoms. The first kappa shape index (κ1) is 9.09. The molecule has 2 aromatic rings. The van der Waals surface area contributed by atoms with Crippen LogP contribution in [0, 0.1) is 0 Å². The van der Waals surface area contributed by atoms with Crippen molar-refractivity contribution in [1.82, 2.24) is 0 Å². The van der Waals surface area contributed by atoms with Gasteiger partial charge in [0.25, 0.3) is 0 Å². The van der Waals surface area contributed by atoms with E-state index in [4.69, 9.17) is 4.42 Å². The summed E-state index contributed by atoms with van der Waals surface area (Å²) in [6.45, 7) is 0. The molecule has 0 atom stereocenters. The summed E-state index contributed by atoms with van der Waals surface area (Å²) in [5.74, 6) is 0.339. The largest absolute Gasteiger partial charge is 0.461 e. The lowest BCUT2D eigenvalue weighted by Crippen LogP contribution is -1.82. The maximum absolute atomic E-state index is 10.7. The van der Waals surface area contributed by atoms with Crippen molar-refractivity contribution in [1.29, 1.82) is 0 Å². The normalized spacial score (nSPS) is 10.1. The summed E-state index contributed by atoms with van der Waals surface area (Å²) in [5, 5.41) is 0. The van der Waals surface area contributed by atoms with E-state index in [1.807, 2.05) is 24.3 Å². The van der Waals surface area contributed by atoms with Gasteiger partial charge in [-0.3, -0.25) is 4.79 Å². The van der Waals surface area contributed by atoms with Crippen LogP contribution in [0.15, 0.2) is 45.9 Å². The topological polar surface area (TPSA) is 30.2 Å². The van der Waals surface area contributed by atoms with E-state index in [0.29, 0.717) is 12.0 Å². The zero-order chi connectivity index (χ0) is 9.97. The highest BCUT2D eigenvalue weighted by Gasteiger charge is 2.09. The Morgan fingerprint density at radius 3 is 2.64 bits per heavy atom. The third-order valence-electron chi connectivity index (χ3n) is 2.00. The van der Waals surface area contributed by atoms with Crippen LogP contribution in [0.1, 0.15) is 10.6 Å². The van der Waals surface area contributed by atoms with E-state index in [9.17, 15) is 4.79 Å². The maximum atomic E-state index is 10.7. The third-order valence-corrected chi connectivity index (χ3v) is 2.39. The predicted octanol–water partition coefficient (Wildman–Crippen LogP) is 3.05. The van der Waals surface area contributed by atoms with Crippen LogP contribution in [0.3, 0.4) is 0 Å². The molecule has 0 aliphatic rings. The van der Waals surface area contributed by atoms with Gasteiger partial charge in [-0.1, -0.05) is 18.2 Å². The van der Waals surface area contributed by atoms with Crippen LogP contribution in [0.25, 0.3) is 11.1 Å². The number of benzene rings is 1. The van der Waals surface area contributed by atoms with Crippen molar-refractivity contribution in [3.8, 4) is 11.1 Å². The summed E-state index contributed by atoms with van der Waals surface area (Å²) in [6.07, 6.45) is 2.20. The number of hydrogen-bond donors (Lipinski definition) is 1. The fourth-order valence-electron chi connectivity index (χ4n) is 1.34. The molecule has 3 heteroatoms. The Labute approximate surface area is 87.0 Å². The molecule has 0 bridgehead atoms. The lowest BCUT2D eigenvalue weighted by Gasteiger charge is -2.01. The van der Waals surface area contributed by atoms with E-state index in [-0.39, 0.29) is 0 Å². The average Bonchev–Trinajstić information content (AvgIpc) is 2.66. The number of aldehydes is 1. The van der Waals surface area contributed by atoms with E-state index < -0.39 is 0 Å². The molecule has 0 aliphatic carbocycles. The van der Waals surface area contributed by atoms with E-state index in [1.165, 1.54) is 6.26 Å². The molecule has 2 nitrogen and oxygen atoms in total. The molecule has 1 aromatic heterocycles. The molecule has 0 fully saturated rings. The number of carbonyl (C=O) groups is 1. The molecule has 70 valence electrons. The maximum Gasteiger partial charge on any atom is 0.185 e. The molecule has 0 amide bonds. The monoisotopic (exact) mass is 204 g/mol. The summed E-state index contributed by atoms with van der Waals surface area (Å²) in [5.41, 5.74) is 1.69. The van der Waals surface area contributed by atoms with Gasteiger partial charge in [-0.2, -0.15) is 0 Å². The number of carbonyl (C=O) groups excluding carboxylic acids is 1. The van der Waals surface area contributed by atoms with Gasteiger partial charge in [0.1, 0.15) is 0 Å². The van der Waals surface area contributed by atoms with Crippen LogP contribution in [-0.4, -0.2) is 6.29 Å². The first-order chi connectivity index (χ1) is 6.83. The zero-order valence-corrected chi connectivity index (χ0v) is 8.20. The predicted molar refractivity (Wildman–Crippen MR) is 56.8 cm³/mol. The lowest BCUT2D eigenvalue weighted by molar-refractivity contribution is 0.110. The quantitative estimate of drug-likeness (QED) is 0.602. The molecule has 1 heterocycles. The van der Waals surface area contributed by atoms with Gasteiger partial charge < -0.3 is 4.42 Å². The minimum Gasteiger partial charge on any atom is -0.461 e. The highest BCUT2D eigenvalue weighted by atomic mass is 32.1. The summed E-state index contributed by atoms with van der Waals surface area (Å²) >= 11 is 4.31. The van der Waals surface area contributed by atoms with Crippen molar-refractivity contribution in [2.45, 2.75) is 4.90 Å². The number of hydrogen-bond acceptors (Lipinski definition) is 3. The van der Waals surface area contributed by atoms with Gasteiger partial charge in [-0.15, -0.1) is 12.6 Å². The molecule has 2 rings (SSSR count). The Hall–Kier alpha value is -1.48. The van der Waals surface area contributed by atoms with E-state index in [1.54, 1.807) is 6.07 Å². The van der Waals surface area contributed by atoms with Gasteiger partial charge in [-0.25, -0.2) is 0 Å². The molecule has 0 unspecified atom stereocenters. The highest BCUT2D eigenvalue weighted by molar-refractivity contribution is 7.80. The minimum atomic E-state index is 0.339. The molecule has 0 saturated heterocycles. The molecule has 0 saturated carbocycles. The fourth-order valence-corrected chi connectivity index (χ4v) is 1.62. The van der Waals surface area contributed by atoms with Crippen LogP contribution in [0.4, 0.5) is 0 Å². The second-order valence-electron chi connectivity index (χ2n) is 2.83. The van der Waals surface area contributed by atoms with E-state index >= 15 is 0 Å². The minimum absolute atomic E-state index is 0.339. The van der Waals surface area contributed by atoms with Gasteiger partial charge in [-0.05, 0) is 17.7 Å². The van der Waals surface area contributed by atoms with E-state index in [0.717, 1.165) is 16.0 Å². The summed E-state index contributed by atoms with van der Waals surface area (Å²) in [4.78, 5) is 11.5. The first-order valence-corrected chi connectivity index (χ1v) is 4.58. The Kier molecular flexibility index (Phi) is 2.41. The number of thiol groups is 1. The Balaban J connectivity index is 2.60. The molecule has 14 heavy (non-hydrogen) atoms. The summed E-state index contributed by atoms with van der Waals surface area (Å²) in [6, 6.07) is 9.34. The van der Waals surface area contributed by atoms with Crippen molar-refractivity contribution < 1.29 is 9.21 Å². The molecule has 1 aromatic carbocycles. The third kappa shape index (κ3) is 1.46. The fraction of sp³-hybridized carbons (Fsp3) is 0. The number of rotatable bonds is 2. The molecule has 0 aliphatic heterocycles. The van der Waals surface area contributed by atoms with Crippen molar-refractivity contribution in [2.75, 3.05) is 0 Å². The van der Waals surface area contributed by atoms with Crippen LogP contribution < -0.4 is 0 Å². The second-order valence-corrected chi connectivity index (χ2v) is 3.32.